The lowest BCUT2D eigenvalue weighted by molar-refractivity contribution is -0.159. The van der Waals surface area contributed by atoms with Gasteiger partial charge in [0.05, 0.1) is 0 Å². The van der Waals surface area contributed by atoms with Crippen molar-refractivity contribution in [3.05, 3.63) is 0 Å². The van der Waals surface area contributed by atoms with Gasteiger partial charge in [-0.3, -0.25) is 4.90 Å². The Labute approximate surface area is 108 Å². The minimum Gasteiger partial charge on any atom is -0.479 e. The quantitative estimate of drug-likeness (QED) is 0.844. The first-order chi connectivity index (χ1) is 8.10. The van der Waals surface area contributed by atoms with Crippen molar-refractivity contribution in [1.29, 1.82) is 0 Å². The Balaban J connectivity index is 2.96. The Morgan fingerprint density at radius 3 is 2.00 bits per heavy atom. The SMILES string of the molecule is CC(C)N(C(=O)OC(C)(C)C)C1(C(=O)O)CCC1. The lowest BCUT2D eigenvalue weighted by atomic mass is 9.75. The summed E-state index contributed by atoms with van der Waals surface area (Å²) < 4.78 is 5.32. The second-order valence-corrected chi connectivity index (χ2v) is 6.13. The number of nitrogens with zero attached hydrogens (tertiary/aromatic N) is 1. The van der Waals surface area contributed by atoms with E-state index >= 15 is 0 Å². The van der Waals surface area contributed by atoms with Crippen LogP contribution in [0.25, 0.3) is 0 Å². The van der Waals surface area contributed by atoms with Crippen molar-refractivity contribution >= 4 is 12.1 Å². The van der Waals surface area contributed by atoms with Gasteiger partial charge in [-0.15, -0.1) is 0 Å². The summed E-state index contributed by atoms with van der Waals surface area (Å²) in [6.45, 7) is 8.95. The third-order valence-corrected chi connectivity index (χ3v) is 3.15. The zero-order valence-corrected chi connectivity index (χ0v) is 11.8. The van der Waals surface area contributed by atoms with Gasteiger partial charge in [0.25, 0.3) is 0 Å². The van der Waals surface area contributed by atoms with Crippen molar-refractivity contribution in [2.75, 3.05) is 0 Å². The molecule has 0 aromatic rings. The number of amides is 1. The number of carbonyl (C=O) groups is 2. The molecule has 5 nitrogen and oxygen atoms in total. The number of aliphatic carboxylic acids is 1. The third kappa shape index (κ3) is 2.76. The molecular weight excluding hydrogens is 234 g/mol. The minimum absolute atomic E-state index is 0.198. The van der Waals surface area contributed by atoms with Crippen molar-refractivity contribution in [2.24, 2.45) is 0 Å². The first kappa shape index (κ1) is 14.8. The normalized spacial score (nSPS) is 18.1. The van der Waals surface area contributed by atoms with Crippen LogP contribution in [0.1, 0.15) is 53.9 Å². The Kier molecular flexibility index (Phi) is 3.93. The summed E-state index contributed by atoms with van der Waals surface area (Å²) in [5.74, 6) is -0.937. The number of hydrogen-bond donors (Lipinski definition) is 1. The van der Waals surface area contributed by atoms with Gasteiger partial charge in [-0.25, -0.2) is 9.59 Å². The molecule has 0 atom stereocenters. The molecule has 1 N–H and O–H groups in total. The smallest absolute Gasteiger partial charge is 0.411 e. The van der Waals surface area contributed by atoms with E-state index in [1.807, 2.05) is 13.8 Å². The number of carboxylic acids is 1. The van der Waals surface area contributed by atoms with Crippen molar-refractivity contribution in [2.45, 2.75) is 71.1 Å². The van der Waals surface area contributed by atoms with Gasteiger partial charge < -0.3 is 9.84 Å². The molecule has 1 saturated carbocycles. The standard InChI is InChI=1S/C13H23NO4/c1-9(2)14(11(17)18-12(3,4)5)13(10(15)16)7-6-8-13/h9H,6-8H2,1-5H3,(H,15,16). The summed E-state index contributed by atoms with van der Waals surface area (Å²) in [4.78, 5) is 25.0. The zero-order chi connectivity index (χ0) is 14.1. The summed E-state index contributed by atoms with van der Waals surface area (Å²) in [7, 11) is 0. The fourth-order valence-electron chi connectivity index (χ4n) is 2.26. The molecule has 0 unspecified atom stereocenters. The highest BCUT2D eigenvalue weighted by atomic mass is 16.6. The molecule has 5 heteroatoms. The van der Waals surface area contributed by atoms with Crippen LogP contribution in [-0.4, -0.2) is 39.3 Å². The van der Waals surface area contributed by atoms with E-state index in [0.29, 0.717) is 12.8 Å². The largest absolute Gasteiger partial charge is 0.479 e. The molecule has 1 rings (SSSR count). The molecule has 104 valence electrons. The average Bonchev–Trinajstić information content (AvgIpc) is 2.05. The number of rotatable bonds is 3. The lowest BCUT2D eigenvalue weighted by Crippen LogP contribution is -2.64. The maximum atomic E-state index is 12.2. The van der Waals surface area contributed by atoms with E-state index in [-0.39, 0.29) is 6.04 Å². The molecule has 1 amide bonds. The van der Waals surface area contributed by atoms with Crippen LogP contribution in [-0.2, 0) is 9.53 Å². The van der Waals surface area contributed by atoms with Gasteiger partial charge in [0.1, 0.15) is 11.1 Å². The molecule has 0 saturated heterocycles. The van der Waals surface area contributed by atoms with Gasteiger partial charge in [0, 0.05) is 6.04 Å². The second-order valence-electron chi connectivity index (χ2n) is 6.13. The van der Waals surface area contributed by atoms with Crippen molar-refractivity contribution < 1.29 is 19.4 Å². The Bertz CT molecular complexity index is 339. The highest BCUT2D eigenvalue weighted by molar-refractivity contribution is 5.85. The molecule has 0 aliphatic heterocycles. The topological polar surface area (TPSA) is 66.8 Å². The molecule has 1 aliphatic rings. The van der Waals surface area contributed by atoms with Gasteiger partial charge >= 0.3 is 12.1 Å². The van der Waals surface area contributed by atoms with E-state index in [4.69, 9.17) is 4.74 Å². The Morgan fingerprint density at radius 1 is 1.28 bits per heavy atom. The highest BCUT2D eigenvalue weighted by Gasteiger charge is 2.53. The fraction of sp³-hybridized carbons (Fsp3) is 0.846. The summed E-state index contributed by atoms with van der Waals surface area (Å²) in [5.41, 5.74) is -1.69. The van der Waals surface area contributed by atoms with E-state index in [1.54, 1.807) is 20.8 Å². The van der Waals surface area contributed by atoms with Gasteiger partial charge in [-0.05, 0) is 53.9 Å². The molecule has 1 aliphatic carbocycles. The van der Waals surface area contributed by atoms with Crippen LogP contribution in [0.2, 0.25) is 0 Å². The summed E-state index contributed by atoms with van der Waals surface area (Å²) in [6.07, 6.45) is 1.29. The van der Waals surface area contributed by atoms with Crippen molar-refractivity contribution in [1.82, 2.24) is 4.90 Å². The molecule has 0 aromatic carbocycles. The van der Waals surface area contributed by atoms with Crippen molar-refractivity contribution in [3.63, 3.8) is 0 Å². The summed E-state index contributed by atoms with van der Waals surface area (Å²) in [5, 5.41) is 9.40. The molecule has 0 aromatic heterocycles. The third-order valence-electron chi connectivity index (χ3n) is 3.15. The first-order valence-corrected chi connectivity index (χ1v) is 6.36. The number of ether oxygens (including phenoxy) is 1. The molecular formula is C13H23NO4. The summed E-state index contributed by atoms with van der Waals surface area (Å²) in [6, 6.07) is -0.198. The monoisotopic (exact) mass is 257 g/mol. The van der Waals surface area contributed by atoms with Crippen LogP contribution in [0.15, 0.2) is 0 Å². The van der Waals surface area contributed by atoms with Gasteiger partial charge in [0.15, 0.2) is 0 Å². The van der Waals surface area contributed by atoms with Crippen LogP contribution in [0.5, 0.6) is 0 Å². The molecule has 18 heavy (non-hydrogen) atoms. The molecule has 0 spiro atoms. The van der Waals surface area contributed by atoms with E-state index in [9.17, 15) is 14.7 Å². The highest BCUT2D eigenvalue weighted by Crippen LogP contribution is 2.40. The van der Waals surface area contributed by atoms with Crippen LogP contribution in [0.4, 0.5) is 4.79 Å². The number of hydrogen-bond acceptors (Lipinski definition) is 3. The fourth-order valence-corrected chi connectivity index (χ4v) is 2.26. The molecule has 0 radical (unpaired) electrons. The van der Waals surface area contributed by atoms with E-state index < -0.39 is 23.2 Å². The van der Waals surface area contributed by atoms with E-state index in [0.717, 1.165) is 6.42 Å². The van der Waals surface area contributed by atoms with Gasteiger partial charge in [0.2, 0.25) is 0 Å². The van der Waals surface area contributed by atoms with Gasteiger partial charge in [-0.1, -0.05) is 0 Å². The van der Waals surface area contributed by atoms with Crippen molar-refractivity contribution in [3.8, 4) is 0 Å². The van der Waals surface area contributed by atoms with Crippen LogP contribution >= 0.6 is 0 Å². The predicted molar refractivity (Wildman–Crippen MR) is 67.4 cm³/mol. The maximum absolute atomic E-state index is 12.2. The zero-order valence-electron chi connectivity index (χ0n) is 11.8. The molecule has 1 fully saturated rings. The lowest BCUT2D eigenvalue weighted by Gasteiger charge is -2.48. The predicted octanol–water partition coefficient (Wildman–Crippen LogP) is 2.64. The van der Waals surface area contributed by atoms with Gasteiger partial charge in [-0.2, -0.15) is 0 Å². The van der Waals surface area contributed by atoms with Crippen LogP contribution in [0, 0.1) is 0 Å². The molecule has 0 bridgehead atoms. The second kappa shape index (κ2) is 4.78. The van der Waals surface area contributed by atoms with Crippen LogP contribution < -0.4 is 0 Å². The number of carbonyl (C=O) groups excluding carboxylic acids is 1. The minimum atomic E-state index is -1.07. The number of carboxylic acid groups (broad SMARTS) is 1. The van der Waals surface area contributed by atoms with E-state index in [1.165, 1.54) is 4.90 Å². The maximum Gasteiger partial charge on any atom is 0.411 e. The van der Waals surface area contributed by atoms with E-state index in [2.05, 4.69) is 0 Å². The first-order valence-electron chi connectivity index (χ1n) is 6.36. The summed E-state index contributed by atoms with van der Waals surface area (Å²) >= 11 is 0. The Morgan fingerprint density at radius 2 is 1.78 bits per heavy atom. The average molecular weight is 257 g/mol. The van der Waals surface area contributed by atoms with Crippen LogP contribution in [0.3, 0.4) is 0 Å². The molecule has 0 heterocycles. The Hall–Kier alpha value is -1.26.